The fourth-order valence-electron chi connectivity index (χ4n) is 3.99. The minimum atomic E-state index is -4.88. The van der Waals surface area contributed by atoms with E-state index >= 15 is 0 Å². The van der Waals surface area contributed by atoms with Crippen molar-refractivity contribution in [2.75, 3.05) is 16.8 Å². The van der Waals surface area contributed by atoms with Crippen LogP contribution in [0.25, 0.3) is 11.5 Å². The Balaban J connectivity index is 1.55. The number of anilines is 2. The quantitative estimate of drug-likeness (QED) is 0.314. The van der Waals surface area contributed by atoms with E-state index in [4.69, 9.17) is 11.6 Å². The van der Waals surface area contributed by atoms with Crippen LogP contribution in [0.1, 0.15) is 17.7 Å². The number of fused-ring (bicyclic) bond motifs is 3. The molecule has 1 aliphatic heterocycles. The van der Waals surface area contributed by atoms with Crippen LogP contribution in [0.4, 0.5) is 38.1 Å². The van der Waals surface area contributed by atoms with Gasteiger partial charge in [-0.3, -0.25) is 4.90 Å². The van der Waals surface area contributed by atoms with Gasteiger partial charge in [0.1, 0.15) is 5.41 Å². The number of urea groups is 1. The first kappa shape index (κ1) is 23.6. The monoisotopic (exact) mass is 525 g/mol. The summed E-state index contributed by atoms with van der Waals surface area (Å²) in [5.41, 5.74) is -4.09. The Kier molecular flexibility index (Phi) is 5.39. The van der Waals surface area contributed by atoms with E-state index in [9.17, 15) is 26.7 Å². The van der Waals surface area contributed by atoms with Gasteiger partial charge >= 0.3 is 12.2 Å². The second-order valence-electron chi connectivity index (χ2n) is 7.67. The Morgan fingerprint density at radius 2 is 1.92 bits per heavy atom. The second kappa shape index (κ2) is 8.22. The van der Waals surface area contributed by atoms with Crippen LogP contribution >= 0.6 is 11.6 Å². The molecule has 2 amide bonds. The van der Waals surface area contributed by atoms with Crippen molar-refractivity contribution in [3.8, 4) is 5.82 Å². The highest BCUT2D eigenvalue weighted by atomic mass is 35.5. The molecule has 0 bridgehead atoms. The first-order valence-electron chi connectivity index (χ1n) is 10.0. The predicted molar refractivity (Wildman–Crippen MR) is 116 cm³/mol. The summed E-state index contributed by atoms with van der Waals surface area (Å²) < 4.78 is 71.4. The summed E-state index contributed by atoms with van der Waals surface area (Å²) in [5, 5.41) is 13.6. The number of nitrogens with zero attached hydrogens (tertiary/aromatic N) is 8. The lowest BCUT2D eigenvalue weighted by Crippen LogP contribution is -2.47. The smallest absolute Gasteiger partial charge is 0.306 e. The molecule has 0 aromatic carbocycles. The van der Waals surface area contributed by atoms with E-state index in [1.165, 1.54) is 18.5 Å². The molecule has 0 unspecified atom stereocenters. The highest BCUT2D eigenvalue weighted by Crippen LogP contribution is 2.51. The first-order chi connectivity index (χ1) is 17.1. The van der Waals surface area contributed by atoms with Gasteiger partial charge in [0, 0.05) is 6.07 Å². The third kappa shape index (κ3) is 3.54. The van der Waals surface area contributed by atoms with Gasteiger partial charge in [0.25, 0.3) is 6.43 Å². The van der Waals surface area contributed by atoms with E-state index in [0.29, 0.717) is 6.08 Å². The third-order valence-electron chi connectivity index (χ3n) is 5.64. The van der Waals surface area contributed by atoms with Crippen LogP contribution in [0, 0.1) is 0 Å². The minimum Gasteiger partial charge on any atom is -0.306 e. The van der Waals surface area contributed by atoms with Crippen molar-refractivity contribution in [2.45, 2.75) is 18.0 Å². The van der Waals surface area contributed by atoms with Gasteiger partial charge < -0.3 is 5.32 Å². The molecule has 1 aliphatic rings. The molecule has 0 spiro atoms. The number of amides is 2. The van der Waals surface area contributed by atoms with Crippen molar-refractivity contribution < 1.29 is 26.7 Å². The number of hydrogen-bond donors (Lipinski definition) is 1. The normalized spacial score (nSPS) is 17.6. The maximum atomic E-state index is 14.4. The maximum absolute atomic E-state index is 14.4. The van der Waals surface area contributed by atoms with E-state index in [2.05, 4.69) is 37.2 Å². The zero-order valence-corrected chi connectivity index (χ0v) is 18.5. The topological polar surface area (TPSA) is 106 Å². The lowest BCUT2D eigenvalue weighted by Gasteiger charge is -2.29. The molecular weight excluding hydrogens is 513 g/mol. The van der Waals surface area contributed by atoms with Gasteiger partial charge in [-0.15, -0.1) is 11.4 Å². The SMILES string of the molecule is C=C[C@@]1(C(F)(F)F)CN(C(=O)Nc2cnc(-n3nccn3)c(C(F)F)c2)c2cnc3cc(Cl)nn3c21. The van der Waals surface area contributed by atoms with Gasteiger partial charge in [-0.2, -0.15) is 28.5 Å². The van der Waals surface area contributed by atoms with Gasteiger partial charge in [-0.1, -0.05) is 17.7 Å². The number of rotatable bonds is 4. The van der Waals surface area contributed by atoms with Crippen LogP contribution in [-0.4, -0.2) is 53.3 Å². The molecule has 0 saturated carbocycles. The van der Waals surface area contributed by atoms with E-state index in [1.54, 1.807) is 0 Å². The molecular formula is C20H13ClF5N9O. The average molecular weight is 526 g/mol. The standard InChI is InChI=1S/C20H13ClF5N9O/c1-2-19(20(24,25)26)9-33(12-8-27-14-6-13(21)32-34(14)15(12)19)18(36)31-10-5-11(16(22)23)17(28-7-10)35-29-3-4-30-35/h2-8,16H,1,9H2,(H,31,36)/t19-/m1/s1. The molecule has 4 aromatic heterocycles. The number of carbonyl (C=O) groups is 1. The number of pyridine rings is 1. The summed E-state index contributed by atoms with van der Waals surface area (Å²) in [6, 6.07) is 1.16. The molecule has 36 heavy (non-hydrogen) atoms. The fraction of sp³-hybridized carbons (Fsp3) is 0.200. The molecule has 0 radical (unpaired) electrons. The van der Waals surface area contributed by atoms with Crippen molar-refractivity contribution in [1.29, 1.82) is 0 Å². The van der Waals surface area contributed by atoms with E-state index in [0.717, 1.165) is 32.7 Å². The number of nitrogens with one attached hydrogen (secondary N) is 1. The largest absolute Gasteiger partial charge is 0.405 e. The van der Waals surface area contributed by atoms with Crippen molar-refractivity contribution >= 4 is 34.7 Å². The lowest BCUT2D eigenvalue weighted by atomic mass is 9.85. The second-order valence-corrected chi connectivity index (χ2v) is 8.06. The zero-order valence-electron chi connectivity index (χ0n) is 17.8. The van der Waals surface area contributed by atoms with Crippen LogP contribution in [-0.2, 0) is 5.41 Å². The van der Waals surface area contributed by atoms with Gasteiger partial charge in [0.05, 0.1) is 54.0 Å². The maximum Gasteiger partial charge on any atom is 0.405 e. The summed E-state index contributed by atoms with van der Waals surface area (Å²) in [5.74, 6) is -0.274. The Morgan fingerprint density at radius 1 is 1.19 bits per heavy atom. The van der Waals surface area contributed by atoms with Gasteiger partial charge in [0.2, 0.25) is 0 Å². The Hall–Kier alpha value is -4.14. The van der Waals surface area contributed by atoms with Gasteiger partial charge in [-0.05, 0) is 6.07 Å². The van der Waals surface area contributed by atoms with Gasteiger partial charge in [-0.25, -0.2) is 28.1 Å². The number of carbonyl (C=O) groups excluding carboxylic acids is 1. The van der Waals surface area contributed by atoms with Crippen molar-refractivity contribution in [3.63, 3.8) is 0 Å². The fourth-order valence-corrected chi connectivity index (χ4v) is 4.16. The highest BCUT2D eigenvalue weighted by molar-refractivity contribution is 6.29. The zero-order chi connectivity index (χ0) is 25.8. The molecule has 0 saturated heterocycles. The van der Waals surface area contributed by atoms with Crippen LogP contribution in [0.5, 0.6) is 0 Å². The minimum absolute atomic E-state index is 0.0325. The molecule has 0 aliphatic carbocycles. The number of hydrogen-bond acceptors (Lipinski definition) is 6. The van der Waals surface area contributed by atoms with Crippen molar-refractivity contribution in [2.24, 2.45) is 0 Å². The van der Waals surface area contributed by atoms with E-state index < -0.39 is 41.8 Å². The molecule has 10 nitrogen and oxygen atoms in total. The van der Waals surface area contributed by atoms with Crippen LogP contribution in [0.2, 0.25) is 5.15 Å². The number of halogens is 6. The summed E-state index contributed by atoms with van der Waals surface area (Å²) >= 11 is 5.88. The molecule has 1 N–H and O–H groups in total. The molecule has 5 heterocycles. The van der Waals surface area contributed by atoms with E-state index in [-0.39, 0.29) is 28.0 Å². The predicted octanol–water partition coefficient (Wildman–Crippen LogP) is 4.33. The molecule has 5 rings (SSSR count). The van der Waals surface area contributed by atoms with Crippen LogP contribution in [0.3, 0.4) is 0 Å². The van der Waals surface area contributed by atoms with E-state index in [1.807, 2.05) is 0 Å². The van der Waals surface area contributed by atoms with Crippen LogP contribution in [0.15, 0.2) is 49.6 Å². The third-order valence-corrected chi connectivity index (χ3v) is 5.83. The highest BCUT2D eigenvalue weighted by Gasteiger charge is 2.62. The Bertz CT molecular complexity index is 1490. The summed E-state index contributed by atoms with van der Waals surface area (Å²) in [6.45, 7) is 2.46. The Labute approximate surface area is 203 Å². The molecule has 0 fully saturated rings. The van der Waals surface area contributed by atoms with Crippen molar-refractivity contribution in [1.82, 2.24) is 34.6 Å². The molecule has 1 atom stereocenters. The number of alkyl halides is 5. The van der Waals surface area contributed by atoms with Gasteiger partial charge in [0.15, 0.2) is 16.6 Å². The Morgan fingerprint density at radius 3 is 2.56 bits per heavy atom. The molecule has 186 valence electrons. The number of aromatic nitrogens is 7. The average Bonchev–Trinajstić information content (AvgIpc) is 3.55. The summed E-state index contributed by atoms with van der Waals surface area (Å²) in [4.78, 5) is 22.7. The lowest BCUT2D eigenvalue weighted by molar-refractivity contribution is -0.172. The van der Waals surface area contributed by atoms with Crippen molar-refractivity contribution in [3.05, 3.63) is 66.0 Å². The summed E-state index contributed by atoms with van der Waals surface area (Å²) in [7, 11) is 0. The summed E-state index contributed by atoms with van der Waals surface area (Å²) in [6.07, 6.45) is -2.55. The molecule has 16 heteroatoms. The van der Waals surface area contributed by atoms with Crippen LogP contribution < -0.4 is 10.2 Å². The first-order valence-corrected chi connectivity index (χ1v) is 10.4. The molecule has 4 aromatic rings.